The van der Waals surface area contributed by atoms with E-state index in [9.17, 15) is 4.79 Å². The van der Waals surface area contributed by atoms with E-state index < -0.39 is 5.97 Å². The van der Waals surface area contributed by atoms with Crippen LogP contribution in [0, 0.1) is 0 Å². The van der Waals surface area contributed by atoms with Gasteiger partial charge in [-0.05, 0) is 18.6 Å². The lowest BCUT2D eigenvalue weighted by molar-refractivity contribution is -0.137. The van der Waals surface area contributed by atoms with Gasteiger partial charge in [0.1, 0.15) is 0 Å². The molecule has 1 N–H and O–H groups in total. The molecule has 0 aliphatic carbocycles. The van der Waals surface area contributed by atoms with Gasteiger partial charge >= 0.3 is 5.97 Å². The molecular weight excluding hydrogens is 244 g/mol. The summed E-state index contributed by atoms with van der Waals surface area (Å²) in [6.45, 7) is 1.98. The third-order valence-corrected chi connectivity index (χ3v) is 2.01. The van der Waals surface area contributed by atoms with Crippen LogP contribution in [-0.4, -0.2) is 11.1 Å². The van der Waals surface area contributed by atoms with Gasteiger partial charge in [-0.1, -0.05) is 47.5 Å². The number of unbranched alkanes of at least 4 members (excludes halogenated alkanes) is 1. The van der Waals surface area contributed by atoms with Crippen LogP contribution in [0.15, 0.2) is 34.8 Å². The Balaban J connectivity index is 0.000000241. The van der Waals surface area contributed by atoms with Crippen molar-refractivity contribution in [2.45, 2.75) is 26.2 Å². The molecule has 0 unspecified atom stereocenters. The van der Waals surface area contributed by atoms with Gasteiger partial charge in [-0.3, -0.25) is 4.79 Å². The third kappa shape index (κ3) is 9.26. The summed E-state index contributed by atoms with van der Waals surface area (Å²) in [4.78, 5) is 9.76. The van der Waals surface area contributed by atoms with Gasteiger partial charge in [-0.25, -0.2) is 0 Å². The van der Waals surface area contributed by atoms with Crippen molar-refractivity contribution in [3.05, 3.63) is 34.8 Å². The van der Waals surface area contributed by atoms with Crippen molar-refractivity contribution in [2.24, 2.45) is 0 Å². The van der Waals surface area contributed by atoms with Crippen LogP contribution in [0.2, 0.25) is 0 Å². The Kier molecular flexibility index (Phi) is 8.24. The summed E-state index contributed by atoms with van der Waals surface area (Å²) in [7, 11) is 0. The molecule has 3 heteroatoms. The first-order chi connectivity index (χ1) is 6.66. The Hall–Kier alpha value is -0.830. The minimum absolute atomic E-state index is 0.316. The fourth-order valence-corrected chi connectivity index (χ4v) is 1.05. The Morgan fingerprint density at radius 2 is 1.93 bits per heavy atom. The van der Waals surface area contributed by atoms with Crippen LogP contribution in [-0.2, 0) is 4.79 Å². The smallest absolute Gasteiger partial charge is 0.303 e. The van der Waals surface area contributed by atoms with E-state index in [0.717, 1.165) is 17.3 Å². The van der Waals surface area contributed by atoms with Crippen LogP contribution < -0.4 is 0 Å². The van der Waals surface area contributed by atoms with Gasteiger partial charge in [0, 0.05) is 10.9 Å². The summed E-state index contributed by atoms with van der Waals surface area (Å²) in [5.74, 6) is -0.693. The predicted molar refractivity (Wildman–Crippen MR) is 61.3 cm³/mol. The van der Waals surface area contributed by atoms with Crippen LogP contribution in [0.1, 0.15) is 26.2 Å². The monoisotopic (exact) mass is 258 g/mol. The lowest BCUT2D eigenvalue weighted by Gasteiger charge is -1.85. The Labute approximate surface area is 93.1 Å². The molecule has 0 heterocycles. The third-order valence-electron chi connectivity index (χ3n) is 1.48. The summed E-state index contributed by atoms with van der Waals surface area (Å²) >= 11 is 3.31. The van der Waals surface area contributed by atoms with Gasteiger partial charge in [0.25, 0.3) is 0 Å². The molecule has 0 aliphatic heterocycles. The van der Waals surface area contributed by atoms with E-state index in [1.807, 2.05) is 37.3 Å². The Morgan fingerprint density at radius 1 is 1.36 bits per heavy atom. The molecule has 78 valence electrons. The highest BCUT2D eigenvalue weighted by Gasteiger charge is 1.90. The molecule has 0 aromatic heterocycles. The highest BCUT2D eigenvalue weighted by atomic mass is 79.9. The number of aliphatic carboxylic acids is 1. The van der Waals surface area contributed by atoms with Crippen molar-refractivity contribution in [2.75, 3.05) is 0 Å². The fourth-order valence-electron chi connectivity index (χ4n) is 0.743. The fraction of sp³-hybridized carbons (Fsp3) is 0.364. The maximum Gasteiger partial charge on any atom is 0.303 e. The number of rotatable bonds is 3. The van der Waals surface area contributed by atoms with Gasteiger partial charge in [0.2, 0.25) is 0 Å². The maximum absolute atomic E-state index is 9.76. The largest absolute Gasteiger partial charge is 0.481 e. The van der Waals surface area contributed by atoms with Gasteiger partial charge in [-0.15, -0.1) is 0 Å². The quantitative estimate of drug-likeness (QED) is 0.898. The highest BCUT2D eigenvalue weighted by molar-refractivity contribution is 9.10. The van der Waals surface area contributed by atoms with E-state index in [-0.39, 0.29) is 0 Å². The summed E-state index contributed by atoms with van der Waals surface area (Å²) in [5.41, 5.74) is 0. The molecule has 0 aliphatic rings. The van der Waals surface area contributed by atoms with Crippen molar-refractivity contribution in [1.82, 2.24) is 0 Å². The van der Waals surface area contributed by atoms with E-state index in [1.54, 1.807) is 0 Å². The molecule has 0 spiro atoms. The number of hydrogen-bond donors (Lipinski definition) is 1. The minimum Gasteiger partial charge on any atom is -0.481 e. The van der Waals surface area contributed by atoms with Gasteiger partial charge < -0.3 is 5.11 Å². The average Bonchev–Trinajstić information content (AvgIpc) is 2.17. The first kappa shape index (κ1) is 13.2. The first-order valence-electron chi connectivity index (χ1n) is 4.59. The zero-order valence-electron chi connectivity index (χ0n) is 8.24. The number of carboxylic acid groups (broad SMARTS) is 1. The second kappa shape index (κ2) is 8.75. The van der Waals surface area contributed by atoms with Crippen molar-refractivity contribution in [1.29, 1.82) is 0 Å². The Bertz CT molecular complexity index is 247. The molecule has 0 atom stereocenters. The molecule has 1 rings (SSSR count). The molecule has 0 bridgehead atoms. The number of hydrogen-bond acceptors (Lipinski definition) is 1. The number of benzene rings is 1. The van der Waals surface area contributed by atoms with Crippen LogP contribution in [0.5, 0.6) is 0 Å². The molecule has 1 aromatic rings. The normalized spacial score (nSPS) is 8.71. The van der Waals surface area contributed by atoms with Crippen LogP contribution >= 0.6 is 15.9 Å². The minimum atomic E-state index is -0.693. The van der Waals surface area contributed by atoms with Crippen LogP contribution in [0.3, 0.4) is 0 Å². The lowest BCUT2D eigenvalue weighted by atomic mass is 10.3. The van der Waals surface area contributed by atoms with Crippen molar-refractivity contribution < 1.29 is 9.90 Å². The van der Waals surface area contributed by atoms with Gasteiger partial charge in [0.15, 0.2) is 0 Å². The molecule has 0 saturated heterocycles. The predicted octanol–water partition coefficient (Wildman–Crippen LogP) is 3.71. The summed E-state index contributed by atoms with van der Waals surface area (Å²) in [6.07, 6.45) is 2.08. The topological polar surface area (TPSA) is 37.3 Å². The standard InChI is InChI=1S/C6H5Br.C5H10O2/c7-6-4-2-1-3-5-6;1-2-3-4-5(6)7/h1-5H;2-4H2,1H3,(H,6,7). The number of carboxylic acids is 1. The van der Waals surface area contributed by atoms with E-state index in [0.29, 0.717) is 6.42 Å². The lowest BCUT2D eigenvalue weighted by Crippen LogP contribution is -1.91. The molecule has 14 heavy (non-hydrogen) atoms. The second-order valence-electron chi connectivity index (χ2n) is 2.79. The van der Waals surface area contributed by atoms with E-state index in [1.165, 1.54) is 0 Å². The summed E-state index contributed by atoms with van der Waals surface area (Å²) in [6, 6.07) is 9.97. The van der Waals surface area contributed by atoms with Crippen molar-refractivity contribution >= 4 is 21.9 Å². The summed E-state index contributed by atoms with van der Waals surface area (Å²) < 4.78 is 1.13. The van der Waals surface area contributed by atoms with E-state index in [4.69, 9.17) is 5.11 Å². The van der Waals surface area contributed by atoms with E-state index >= 15 is 0 Å². The SMILES string of the molecule is Brc1ccccc1.CCCCC(=O)O. The van der Waals surface area contributed by atoms with Crippen molar-refractivity contribution in [3.63, 3.8) is 0 Å². The van der Waals surface area contributed by atoms with Crippen molar-refractivity contribution in [3.8, 4) is 0 Å². The molecule has 0 amide bonds. The first-order valence-corrected chi connectivity index (χ1v) is 5.38. The van der Waals surface area contributed by atoms with E-state index in [2.05, 4.69) is 15.9 Å². The summed E-state index contributed by atoms with van der Waals surface area (Å²) in [5, 5.41) is 8.04. The molecule has 0 radical (unpaired) electrons. The average molecular weight is 259 g/mol. The second-order valence-corrected chi connectivity index (χ2v) is 3.71. The highest BCUT2D eigenvalue weighted by Crippen LogP contribution is 2.05. The maximum atomic E-state index is 9.76. The van der Waals surface area contributed by atoms with Crippen LogP contribution in [0.25, 0.3) is 0 Å². The molecule has 0 fully saturated rings. The zero-order valence-corrected chi connectivity index (χ0v) is 9.83. The Morgan fingerprint density at radius 3 is 2.14 bits per heavy atom. The van der Waals surface area contributed by atoms with Gasteiger partial charge in [0.05, 0.1) is 0 Å². The van der Waals surface area contributed by atoms with Gasteiger partial charge in [-0.2, -0.15) is 0 Å². The molecule has 2 nitrogen and oxygen atoms in total. The van der Waals surface area contributed by atoms with Crippen LogP contribution in [0.4, 0.5) is 0 Å². The number of carbonyl (C=O) groups is 1. The number of halogens is 1. The molecular formula is C11H15BrO2. The zero-order chi connectivity index (χ0) is 10.8. The molecule has 1 aromatic carbocycles. The molecule has 0 saturated carbocycles.